The van der Waals surface area contributed by atoms with Crippen molar-refractivity contribution in [3.05, 3.63) is 28.2 Å². The second-order valence-electron chi connectivity index (χ2n) is 5.10. The third-order valence-corrected chi connectivity index (χ3v) is 5.12. The summed E-state index contributed by atoms with van der Waals surface area (Å²) in [5, 5.41) is 2.30. The Labute approximate surface area is 131 Å². The van der Waals surface area contributed by atoms with Gasteiger partial charge in [0, 0.05) is 4.47 Å². The fraction of sp³-hybridized carbons (Fsp3) is 0.400. The molecule has 1 saturated heterocycles. The summed E-state index contributed by atoms with van der Waals surface area (Å²) in [6, 6.07) is 4.62. The highest BCUT2D eigenvalue weighted by molar-refractivity contribution is 9.10. The molecule has 1 aliphatic heterocycles. The largest absolute Gasteiger partial charge is 0.335 e. The Kier molecular flexibility index (Phi) is 4.18. The van der Waals surface area contributed by atoms with E-state index in [-0.39, 0.29) is 0 Å². The van der Waals surface area contributed by atoms with Crippen molar-refractivity contribution in [1.29, 1.82) is 0 Å². The summed E-state index contributed by atoms with van der Waals surface area (Å²) in [7, 11) is 0. The predicted octanol–water partition coefficient (Wildman–Crippen LogP) is 3.15. The van der Waals surface area contributed by atoms with Crippen molar-refractivity contribution in [3.8, 4) is 0 Å². The molecule has 0 bridgehead atoms. The Hall–Kier alpha value is -1.69. The van der Waals surface area contributed by atoms with Crippen molar-refractivity contribution in [3.63, 3.8) is 0 Å². The lowest BCUT2D eigenvalue weighted by atomic mass is 9.78. The lowest BCUT2D eigenvalue weighted by molar-refractivity contribution is -0.143. The Morgan fingerprint density at radius 2 is 1.81 bits per heavy atom. The van der Waals surface area contributed by atoms with E-state index in [2.05, 4.69) is 21.2 Å². The molecule has 1 aromatic carbocycles. The van der Waals surface area contributed by atoms with Crippen LogP contribution in [-0.4, -0.2) is 17.8 Å². The highest BCUT2D eigenvalue weighted by atomic mass is 79.9. The zero-order valence-electron chi connectivity index (χ0n) is 12.2. The topological polar surface area (TPSA) is 66.5 Å². The smallest absolute Gasteiger partial charge is 0.276 e. The molecule has 5 nitrogen and oxygen atoms in total. The van der Waals surface area contributed by atoms with E-state index in [1.807, 2.05) is 13.0 Å². The number of aryl methyl sites for hydroxylation is 1. The number of halogens is 1. The highest BCUT2D eigenvalue weighted by Crippen LogP contribution is 2.37. The Balaban J connectivity index is 2.58. The first-order valence-electron chi connectivity index (χ1n) is 6.84. The maximum Gasteiger partial charge on any atom is 0.335 e. The number of nitrogens with one attached hydrogen (secondary N) is 1. The number of hydrogen-bond donors (Lipinski definition) is 1. The quantitative estimate of drug-likeness (QED) is 0.849. The van der Waals surface area contributed by atoms with E-state index in [9.17, 15) is 14.4 Å². The summed E-state index contributed by atoms with van der Waals surface area (Å²) in [6.45, 7) is 5.43. The molecule has 1 fully saturated rings. The van der Waals surface area contributed by atoms with Gasteiger partial charge in [-0.2, -0.15) is 0 Å². The second-order valence-corrected chi connectivity index (χ2v) is 5.89. The third kappa shape index (κ3) is 2.27. The standard InChI is InChI=1S/C15H17BrN2O3/c1-4-15(5-2)12(19)17-14(21)18(13(15)20)10-8-6-7-9(3)11(10)16/h6-8H,4-5H2,1-3H3,(H,17,19,21). The maximum absolute atomic E-state index is 12.8. The molecule has 1 aromatic rings. The summed E-state index contributed by atoms with van der Waals surface area (Å²) in [5.41, 5.74) is 0.178. The molecule has 6 heteroatoms. The van der Waals surface area contributed by atoms with Gasteiger partial charge in [-0.15, -0.1) is 0 Å². The normalized spacial score (nSPS) is 17.9. The number of imide groups is 2. The number of anilines is 1. The van der Waals surface area contributed by atoms with E-state index >= 15 is 0 Å². The molecule has 0 aromatic heterocycles. The zero-order valence-corrected chi connectivity index (χ0v) is 13.8. The molecule has 0 atom stereocenters. The molecular weight excluding hydrogens is 336 g/mol. The van der Waals surface area contributed by atoms with Crippen LogP contribution >= 0.6 is 15.9 Å². The van der Waals surface area contributed by atoms with Crippen LogP contribution in [0.4, 0.5) is 10.5 Å². The maximum atomic E-state index is 12.8. The number of carbonyl (C=O) groups is 3. The molecule has 4 amide bonds. The van der Waals surface area contributed by atoms with E-state index in [1.165, 1.54) is 0 Å². The Morgan fingerprint density at radius 1 is 1.19 bits per heavy atom. The van der Waals surface area contributed by atoms with Crippen molar-refractivity contribution in [2.45, 2.75) is 33.6 Å². The average molecular weight is 353 g/mol. The molecule has 1 aliphatic rings. The van der Waals surface area contributed by atoms with Crippen LogP contribution in [0.5, 0.6) is 0 Å². The van der Waals surface area contributed by atoms with E-state index in [0.717, 1.165) is 10.5 Å². The monoisotopic (exact) mass is 352 g/mol. The fourth-order valence-electron chi connectivity index (χ4n) is 2.57. The van der Waals surface area contributed by atoms with Crippen molar-refractivity contribution in [2.24, 2.45) is 5.41 Å². The van der Waals surface area contributed by atoms with Gasteiger partial charge >= 0.3 is 6.03 Å². The van der Waals surface area contributed by atoms with Crippen LogP contribution in [0.15, 0.2) is 22.7 Å². The summed E-state index contributed by atoms with van der Waals surface area (Å²) in [5.74, 6) is -0.977. The molecular formula is C15H17BrN2O3. The molecule has 0 spiro atoms. The number of amides is 4. The second kappa shape index (κ2) is 5.60. The fourth-order valence-corrected chi connectivity index (χ4v) is 3.01. The minimum atomic E-state index is -1.18. The molecule has 0 saturated carbocycles. The number of carbonyl (C=O) groups excluding carboxylic acids is 3. The third-order valence-electron chi connectivity index (χ3n) is 4.09. The van der Waals surface area contributed by atoms with Crippen LogP contribution < -0.4 is 10.2 Å². The highest BCUT2D eigenvalue weighted by Gasteiger charge is 2.52. The number of barbiturate groups is 1. The van der Waals surface area contributed by atoms with Crippen LogP contribution in [0.3, 0.4) is 0 Å². The first-order chi connectivity index (χ1) is 9.89. The van der Waals surface area contributed by atoms with Gasteiger partial charge in [-0.1, -0.05) is 26.0 Å². The van der Waals surface area contributed by atoms with E-state index in [1.54, 1.807) is 26.0 Å². The van der Waals surface area contributed by atoms with E-state index < -0.39 is 23.3 Å². The molecule has 0 unspecified atom stereocenters. The van der Waals surface area contributed by atoms with Gasteiger partial charge in [0.15, 0.2) is 0 Å². The van der Waals surface area contributed by atoms with Crippen LogP contribution in [0, 0.1) is 12.3 Å². The molecule has 1 N–H and O–H groups in total. The van der Waals surface area contributed by atoms with Gasteiger partial charge in [-0.05, 0) is 47.3 Å². The number of benzene rings is 1. The van der Waals surface area contributed by atoms with Gasteiger partial charge in [-0.3, -0.25) is 14.9 Å². The van der Waals surface area contributed by atoms with Gasteiger partial charge in [0.1, 0.15) is 5.41 Å². The van der Waals surface area contributed by atoms with Crippen molar-refractivity contribution < 1.29 is 14.4 Å². The van der Waals surface area contributed by atoms with Crippen molar-refractivity contribution >= 4 is 39.5 Å². The van der Waals surface area contributed by atoms with E-state index in [4.69, 9.17) is 0 Å². The first kappa shape index (κ1) is 15.7. The van der Waals surface area contributed by atoms with E-state index in [0.29, 0.717) is 23.0 Å². The number of rotatable bonds is 3. The van der Waals surface area contributed by atoms with Crippen LogP contribution in [0.2, 0.25) is 0 Å². The molecule has 1 heterocycles. The van der Waals surface area contributed by atoms with Crippen molar-refractivity contribution in [1.82, 2.24) is 5.32 Å². The molecule has 2 rings (SSSR count). The minimum Gasteiger partial charge on any atom is -0.276 e. The summed E-state index contributed by atoms with van der Waals surface area (Å²) in [6.07, 6.45) is 0.697. The van der Waals surface area contributed by atoms with Crippen LogP contribution in [-0.2, 0) is 9.59 Å². The molecule has 21 heavy (non-hydrogen) atoms. The van der Waals surface area contributed by atoms with Gasteiger partial charge < -0.3 is 0 Å². The Bertz CT molecular complexity index is 623. The number of nitrogens with zero attached hydrogens (tertiary/aromatic N) is 1. The van der Waals surface area contributed by atoms with Gasteiger partial charge in [0.05, 0.1) is 5.69 Å². The average Bonchev–Trinajstić information content (AvgIpc) is 2.44. The predicted molar refractivity (Wildman–Crippen MR) is 82.9 cm³/mol. The zero-order chi connectivity index (χ0) is 15.8. The lowest BCUT2D eigenvalue weighted by Crippen LogP contribution is -2.64. The van der Waals surface area contributed by atoms with Crippen molar-refractivity contribution in [2.75, 3.05) is 4.90 Å². The molecule has 112 valence electrons. The SMILES string of the molecule is CCC1(CC)C(=O)NC(=O)N(c2cccc(C)c2Br)C1=O. The Morgan fingerprint density at radius 3 is 2.38 bits per heavy atom. The van der Waals surface area contributed by atoms with Crippen LogP contribution in [0.1, 0.15) is 32.3 Å². The van der Waals surface area contributed by atoms with Crippen LogP contribution in [0.25, 0.3) is 0 Å². The lowest BCUT2D eigenvalue weighted by Gasteiger charge is -2.38. The van der Waals surface area contributed by atoms with Gasteiger partial charge in [0.25, 0.3) is 5.91 Å². The number of hydrogen-bond acceptors (Lipinski definition) is 3. The molecule has 0 aliphatic carbocycles. The van der Waals surface area contributed by atoms with Gasteiger partial charge in [0.2, 0.25) is 5.91 Å². The first-order valence-corrected chi connectivity index (χ1v) is 7.63. The summed E-state index contributed by atoms with van der Waals surface area (Å²) < 4.78 is 0.670. The minimum absolute atomic E-state index is 0.349. The molecule has 0 radical (unpaired) electrons. The summed E-state index contributed by atoms with van der Waals surface area (Å²) in [4.78, 5) is 38.2. The number of urea groups is 1. The summed E-state index contributed by atoms with van der Waals surface area (Å²) >= 11 is 3.41. The van der Waals surface area contributed by atoms with Gasteiger partial charge in [-0.25, -0.2) is 9.69 Å².